The van der Waals surface area contributed by atoms with Gasteiger partial charge in [-0.3, -0.25) is 4.90 Å². The number of nitrogens with two attached hydrogens (primary N) is 2. The zero-order valence-corrected chi connectivity index (χ0v) is 12.5. The summed E-state index contributed by atoms with van der Waals surface area (Å²) in [5.41, 5.74) is 11.2. The van der Waals surface area contributed by atoms with Crippen molar-refractivity contribution in [1.29, 1.82) is 0 Å². The first-order valence-corrected chi connectivity index (χ1v) is 7.45. The van der Waals surface area contributed by atoms with Gasteiger partial charge < -0.3 is 16.6 Å². The van der Waals surface area contributed by atoms with E-state index in [0.29, 0.717) is 5.69 Å². The summed E-state index contributed by atoms with van der Waals surface area (Å²) >= 11 is 0. The predicted octanol–water partition coefficient (Wildman–Crippen LogP) is 1.63. The van der Waals surface area contributed by atoms with Crippen LogP contribution in [0.2, 0.25) is 0 Å². The van der Waals surface area contributed by atoms with Gasteiger partial charge in [0.2, 0.25) is 11.9 Å². The molecule has 1 aromatic rings. The Morgan fingerprint density at radius 2 is 1.96 bits per heavy atom. The standard InChI is InChI=1S/C15H18FN5O2/c16-11-8-9(4-5-10(11)12(22)23)21-14(18)19-13(17)20-15(21)6-2-1-3-7-15/h4-5,8H,1-3,6-7H2,(H,22,23)(H4,17,18,19,20). The van der Waals surface area contributed by atoms with Crippen LogP contribution in [0.3, 0.4) is 0 Å². The van der Waals surface area contributed by atoms with E-state index in [0.717, 1.165) is 38.2 Å². The molecule has 0 aromatic heterocycles. The molecule has 0 atom stereocenters. The number of carboxylic acids is 1. The van der Waals surface area contributed by atoms with Gasteiger partial charge in [0.05, 0.1) is 5.56 Å². The Hall–Kier alpha value is -2.64. The molecule has 122 valence electrons. The van der Waals surface area contributed by atoms with E-state index in [4.69, 9.17) is 16.6 Å². The summed E-state index contributed by atoms with van der Waals surface area (Å²) in [5.74, 6) is -1.88. The second kappa shape index (κ2) is 5.53. The van der Waals surface area contributed by atoms with Crippen molar-refractivity contribution < 1.29 is 14.3 Å². The van der Waals surface area contributed by atoms with E-state index < -0.39 is 17.4 Å². The third kappa shape index (κ3) is 2.60. The number of carbonyl (C=O) groups is 1. The van der Waals surface area contributed by atoms with E-state index in [2.05, 4.69) is 9.98 Å². The second-order valence-corrected chi connectivity index (χ2v) is 5.79. The Bertz CT molecular complexity index is 710. The number of aromatic carboxylic acids is 1. The lowest BCUT2D eigenvalue weighted by Gasteiger charge is -2.45. The molecule has 23 heavy (non-hydrogen) atoms. The number of rotatable bonds is 2. The molecule has 5 N–H and O–H groups in total. The molecule has 0 unspecified atom stereocenters. The fraction of sp³-hybridized carbons (Fsp3) is 0.400. The van der Waals surface area contributed by atoms with E-state index in [9.17, 15) is 9.18 Å². The van der Waals surface area contributed by atoms with Crippen molar-refractivity contribution in [3.8, 4) is 0 Å². The minimum Gasteiger partial charge on any atom is -0.478 e. The van der Waals surface area contributed by atoms with Crippen molar-refractivity contribution in [3.63, 3.8) is 0 Å². The van der Waals surface area contributed by atoms with Gasteiger partial charge in [-0.1, -0.05) is 6.42 Å². The molecule has 1 spiro atoms. The van der Waals surface area contributed by atoms with Crippen LogP contribution in [0.4, 0.5) is 10.1 Å². The lowest BCUT2D eigenvalue weighted by molar-refractivity contribution is 0.0692. The molecule has 8 heteroatoms. The molecular weight excluding hydrogens is 301 g/mol. The highest BCUT2D eigenvalue weighted by Crippen LogP contribution is 2.39. The first-order valence-electron chi connectivity index (χ1n) is 7.45. The molecule has 1 aromatic carbocycles. The van der Waals surface area contributed by atoms with Crippen LogP contribution in [0.15, 0.2) is 28.2 Å². The molecule has 1 heterocycles. The normalized spacial score (nSPS) is 20.1. The Morgan fingerprint density at radius 3 is 2.57 bits per heavy atom. The molecule has 0 saturated heterocycles. The van der Waals surface area contributed by atoms with Gasteiger partial charge in [0.15, 0.2) is 0 Å². The van der Waals surface area contributed by atoms with Gasteiger partial charge in [-0.15, -0.1) is 0 Å². The molecule has 2 aliphatic rings. The van der Waals surface area contributed by atoms with Crippen molar-refractivity contribution in [3.05, 3.63) is 29.6 Å². The number of benzene rings is 1. The number of guanidine groups is 2. The van der Waals surface area contributed by atoms with Gasteiger partial charge in [0, 0.05) is 5.69 Å². The number of carboxylic acid groups (broad SMARTS) is 1. The highest BCUT2D eigenvalue weighted by Gasteiger charge is 2.42. The Labute approximate surface area is 132 Å². The predicted molar refractivity (Wildman–Crippen MR) is 84.9 cm³/mol. The summed E-state index contributed by atoms with van der Waals surface area (Å²) in [7, 11) is 0. The van der Waals surface area contributed by atoms with Crippen LogP contribution < -0.4 is 16.4 Å². The first kappa shape index (κ1) is 15.3. The van der Waals surface area contributed by atoms with Gasteiger partial charge in [-0.05, 0) is 43.9 Å². The van der Waals surface area contributed by atoms with E-state index in [1.54, 1.807) is 4.90 Å². The minimum atomic E-state index is -1.32. The van der Waals surface area contributed by atoms with Crippen molar-refractivity contribution in [2.75, 3.05) is 4.90 Å². The van der Waals surface area contributed by atoms with Crippen molar-refractivity contribution >= 4 is 23.6 Å². The first-order chi connectivity index (χ1) is 10.9. The van der Waals surface area contributed by atoms with Gasteiger partial charge in [-0.2, -0.15) is 4.99 Å². The summed E-state index contributed by atoms with van der Waals surface area (Å²) in [5, 5.41) is 8.96. The number of aliphatic imine (C=N–C) groups is 2. The summed E-state index contributed by atoms with van der Waals surface area (Å²) in [6.07, 6.45) is 4.46. The van der Waals surface area contributed by atoms with E-state index in [1.165, 1.54) is 12.1 Å². The molecular formula is C15H18FN5O2. The maximum absolute atomic E-state index is 14.1. The Morgan fingerprint density at radius 1 is 1.26 bits per heavy atom. The van der Waals surface area contributed by atoms with Crippen LogP contribution in [0.5, 0.6) is 0 Å². The number of anilines is 1. The molecule has 1 saturated carbocycles. The number of halogens is 1. The fourth-order valence-electron chi connectivity index (χ4n) is 3.31. The summed E-state index contributed by atoms with van der Waals surface area (Å²) in [4.78, 5) is 21.1. The second-order valence-electron chi connectivity index (χ2n) is 5.79. The Kier molecular flexibility index (Phi) is 3.67. The van der Waals surface area contributed by atoms with Crippen LogP contribution in [0.1, 0.15) is 42.5 Å². The maximum atomic E-state index is 14.1. The fourth-order valence-corrected chi connectivity index (χ4v) is 3.31. The third-order valence-electron chi connectivity index (χ3n) is 4.29. The number of hydrogen-bond acceptors (Lipinski definition) is 6. The van der Waals surface area contributed by atoms with E-state index >= 15 is 0 Å². The van der Waals surface area contributed by atoms with Crippen LogP contribution in [0, 0.1) is 5.82 Å². The van der Waals surface area contributed by atoms with Crippen LogP contribution in [-0.2, 0) is 0 Å². The van der Waals surface area contributed by atoms with Crippen molar-refractivity contribution in [1.82, 2.24) is 0 Å². The molecule has 0 bridgehead atoms. The Balaban J connectivity index is 2.07. The monoisotopic (exact) mass is 319 g/mol. The van der Waals surface area contributed by atoms with E-state index in [-0.39, 0.29) is 17.5 Å². The average Bonchev–Trinajstić information content (AvgIpc) is 2.46. The average molecular weight is 319 g/mol. The van der Waals surface area contributed by atoms with Gasteiger partial charge >= 0.3 is 5.97 Å². The topological polar surface area (TPSA) is 117 Å². The molecule has 0 radical (unpaired) electrons. The molecule has 1 aliphatic heterocycles. The lowest BCUT2D eigenvalue weighted by atomic mass is 9.87. The zero-order valence-electron chi connectivity index (χ0n) is 12.5. The van der Waals surface area contributed by atoms with Crippen molar-refractivity contribution in [2.24, 2.45) is 21.5 Å². The summed E-state index contributed by atoms with van der Waals surface area (Å²) in [6.45, 7) is 0. The summed E-state index contributed by atoms with van der Waals surface area (Å²) < 4.78 is 14.1. The van der Waals surface area contributed by atoms with Gasteiger partial charge in [0.1, 0.15) is 11.5 Å². The zero-order chi connectivity index (χ0) is 16.6. The van der Waals surface area contributed by atoms with E-state index in [1.807, 2.05) is 0 Å². The quantitative estimate of drug-likeness (QED) is 0.766. The van der Waals surface area contributed by atoms with Gasteiger partial charge in [0.25, 0.3) is 0 Å². The number of nitrogens with zero attached hydrogens (tertiary/aromatic N) is 3. The van der Waals surface area contributed by atoms with Crippen LogP contribution >= 0.6 is 0 Å². The third-order valence-corrected chi connectivity index (χ3v) is 4.29. The van der Waals surface area contributed by atoms with Gasteiger partial charge in [-0.25, -0.2) is 14.2 Å². The van der Waals surface area contributed by atoms with Crippen LogP contribution in [0.25, 0.3) is 0 Å². The molecule has 1 fully saturated rings. The number of hydrogen-bond donors (Lipinski definition) is 3. The smallest absolute Gasteiger partial charge is 0.338 e. The van der Waals surface area contributed by atoms with Crippen molar-refractivity contribution in [2.45, 2.75) is 37.8 Å². The largest absolute Gasteiger partial charge is 0.478 e. The minimum absolute atomic E-state index is 0.114. The molecule has 7 nitrogen and oxygen atoms in total. The maximum Gasteiger partial charge on any atom is 0.338 e. The SMILES string of the molecule is NC1=NC2(CCCCC2)N(c2ccc(C(=O)O)c(F)c2)C(N)=N1. The highest BCUT2D eigenvalue weighted by atomic mass is 19.1. The molecule has 1 aliphatic carbocycles. The lowest BCUT2D eigenvalue weighted by Crippen LogP contribution is -2.58. The van der Waals surface area contributed by atoms with Crippen LogP contribution in [-0.4, -0.2) is 28.7 Å². The molecule has 0 amide bonds. The highest BCUT2D eigenvalue weighted by molar-refractivity contribution is 6.05. The summed E-state index contributed by atoms with van der Waals surface area (Å²) in [6, 6.07) is 3.89. The molecule has 3 rings (SSSR count).